The van der Waals surface area contributed by atoms with Gasteiger partial charge < -0.3 is 9.80 Å². The van der Waals surface area contributed by atoms with E-state index in [4.69, 9.17) is 4.98 Å². The smallest absolute Gasteiger partial charge is 0.273 e. The number of aryl methyl sites for hydroxylation is 1. The fourth-order valence-electron chi connectivity index (χ4n) is 4.85. The molecule has 10 heteroatoms. The molecular formula is C25H25N7O3. The molecule has 4 aromatic rings. The van der Waals surface area contributed by atoms with E-state index in [1.54, 1.807) is 24.0 Å². The number of nitrogens with zero attached hydrogens (tertiary/aromatic N) is 7. The Morgan fingerprint density at radius 3 is 2.69 bits per heavy atom. The van der Waals surface area contributed by atoms with E-state index in [2.05, 4.69) is 19.5 Å². The second-order valence-electron chi connectivity index (χ2n) is 9.31. The first kappa shape index (κ1) is 21.5. The lowest BCUT2D eigenvalue weighted by molar-refractivity contribution is -0.385. The van der Waals surface area contributed by atoms with Gasteiger partial charge in [0.2, 0.25) is 5.95 Å². The number of carbonyl (C=O) groups excluding carboxylic acids is 1. The largest absolute Gasteiger partial charge is 0.340 e. The van der Waals surface area contributed by atoms with E-state index < -0.39 is 4.92 Å². The summed E-state index contributed by atoms with van der Waals surface area (Å²) in [6.07, 6.45) is 2.98. The zero-order valence-corrected chi connectivity index (χ0v) is 19.4. The van der Waals surface area contributed by atoms with Crippen LogP contribution in [0.5, 0.6) is 0 Å². The van der Waals surface area contributed by atoms with Crippen molar-refractivity contribution in [2.24, 2.45) is 0 Å². The van der Waals surface area contributed by atoms with Crippen LogP contribution in [0.1, 0.15) is 46.9 Å². The van der Waals surface area contributed by atoms with Crippen LogP contribution in [0, 0.1) is 17.0 Å². The molecule has 2 aromatic carbocycles. The van der Waals surface area contributed by atoms with Crippen LogP contribution in [0.2, 0.25) is 0 Å². The molecule has 0 bridgehead atoms. The molecule has 2 aromatic heterocycles. The lowest BCUT2D eigenvalue weighted by Gasteiger charge is -2.24. The molecule has 0 spiro atoms. The monoisotopic (exact) mass is 471 g/mol. The first-order valence-corrected chi connectivity index (χ1v) is 11.9. The highest BCUT2D eigenvalue weighted by atomic mass is 16.6. The second-order valence-corrected chi connectivity index (χ2v) is 9.31. The number of amides is 1. The lowest BCUT2D eigenvalue weighted by Crippen LogP contribution is -2.36. The van der Waals surface area contributed by atoms with E-state index in [1.165, 1.54) is 6.07 Å². The Morgan fingerprint density at radius 2 is 1.89 bits per heavy atom. The highest BCUT2D eigenvalue weighted by Gasteiger charge is 2.32. The third kappa shape index (κ3) is 3.74. The summed E-state index contributed by atoms with van der Waals surface area (Å²) in [7, 11) is 0. The molecule has 1 aliphatic carbocycles. The van der Waals surface area contributed by atoms with Crippen LogP contribution in [0.15, 0.2) is 42.5 Å². The van der Waals surface area contributed by atoms with Crippen LogP contribution in [0.25, 0.3) is 16.6 Å². The zero-order valence-electron chi connectivity index (χ0n) is 19.4. The second kappa shape index (κ2) is 8.30. The fourth-order valence-corrected chi connectivity index (χ4v) is 4.85. The van der Waals surface area contributed by atoms with Crippen molar-refractivity contribution in [3.8, 4) is 0 Å². The molecule has 0 N–H and O–H groups in total. The van der Waals surface area contributed by atoms with Gasteiger partial charge in [-0.15, -0.1) is 10.2 Å². The summed E-state index contributed by atoms with van der Waals surface area (Å²) in [6, 6.07) is 12.7. The number of nitro benzene ring substituents is 1. The number of anilines is 1. The number of para-hydroxylation sites is 1. The van der Waals surface area contributed by atoms with Gasteiger partial charge in [0, 0.05) is 54.7 Å². The molecule has 10 nitrogen and oxygen atoms in total. The van der Waals surface area contributed by atoms with Gasteiger partial charge in [0.05, 0.1) is 10.4 Å². The molecule has 1 aliphatic heterocycles. The molecular weight excluding hydrogens is 446 g/mol. The third-order valence-electron chi connectivity index (χ3n) is 6.91. The van der Waals surface area contributed by atoms with Gasteiger partial charge in [0.15, 0.2) is 5.65 Å². The Morgan fingerprint density at radius 1 is 1.06 bits per heavy atom. The standard InChI is InChI=1S/C25H25N7O3/c1-16-7-8-18(15-21(16)32(34)35)24(33)29-11-4-12-30(14-13-29)25-26-20-6-3-2-5-19(20)23-28-27-22(31(23)25)17-9-10-17/h2-3,5-8,15,17H,4,9-14H2,1H3. The molecule has 2 fully saturated rings. The van der Waals surface area contributed by atoms with Gasteiger partial charge in [0.25, 0.3) is 11.6 Å². The minimum Gasteiger partial charge on any atom is -0.340 e. The van der Waals surface area contributed by atoms with Crippen molar-refractivity contribution in [3.05, 3.63) is 69.5 Å². The SMILES string of the molecule is Cc1ccc(C(=O)N2CCCN(c3nc4ccccc4c4nnc(C5CC5)n34)CC2)cc1[N+](=O)[O-]. The van der Waals surface area contributed by atoms with E-state index in [0.29, 0.717) is 36.7 Å². The molecule has 0 unspecified atom stereocenters. The van der Waals surface area contributed by atoms with Gasteiger partial charge >= 0.3 is 0 Å². The summed E-state index contributed by atoms with van der Waals surface area (Å²) in [5.41, 5.74) is 2.54. The van der Waals surface area contributed by atoms with Crippen molar-refractivity contribution in [1.82, 2.24) is 24.5 Å². The Labute approximate surface area is 201 Å². The first-order chi connectivity index (χ1) is 17.0. The predicted molar refractivity (Wildman–Crippen MR) is 131 cm³/mol. The maximum atomic E-state index is 13.2. The van der Waals surface area contributed by atoms with E-state index in [9.17, 15) is 14.9 Å². The minimum absolute atomic E-state index is 0.0322. The van der Waals surface area contributed by atoms with Crippen molar-refractivity contribution in [3.63, 3.8) is 0 Å². The maximum absolute atomic E-state index is 13.2. The maximum Gasteiger partial charge on any atom is 0.273 e. The molecule has 178 valence electrons. The van der Waals surface area contributed by atoms with Crippen LogP contribution in [-0.4, -0.2) is 61.5 Å². The van der Waals surface area contributed by atoms with Crippen molar-refractivity contribution in [2.45, 2.75) is 32.1 Å². The summed E-state index contributed by atoms with van der Waals surface area (Å²) in [4.78, 5) is 33.1. The molecule has 3 heterocycles. The number of benzene rings is 2. The average molecular weight is 472 g/mol. The molecule has 35 heavy (non-hydrogen) atoms. The molecule has 0 radical (unpaired) electrons. The van der Waals surface area contributed by atoms with Gasteiger partial charge in [-0.05, 0) is 44.4 Å². The topological polar surface area (TPSA) is 110 Å². The molecule has 1 amide bonds. The van der Waals surface area contributed by atoms with Crippen molar-refractivity contribution in [2.75, 3.05) is 31.1 Å². The highest BCUT2D eigenvalue weighted by Crippen LogP contribution is 2.40. The molecule has 0 atom stereocenters. The first-order valence-electron chi connectivity index (χ1n) is 11.9. The highest BCUT2D eigenvalue weighted by molar-refractivity contribution is 5.95. The van der Waals surface area contributed by atoms with E-state index in [0.717, 1.165) is 54.1 Å². The van der Waals surface area contributed by atoms with E-state index in [-0.39, 0.29) is 11.6 Å². The van der Waals surface area contributed by atoms with E-state index >= 15 is 0 Å². The number of nitro groups is 1. The van der Waals surface area contributed by atoms with E-state index in [1.807, 2.05) is 24.3 Å². The Kier molecular flexibility index (Phi) is 5.09. The number of carbonyl (C=O) groups is 1. The predicted octanol–water partition coefficient (Wildman–Crippen LogP) is 3.72. The number of hydrogen-bond acceptors (Lipinski definition) is 7. The summed E-state index contributed by atoms with van der Waals surface area (Å²) in [6.45, 7) is 4.08. The molecule has 2 aliphatic rings. The van der Waals surface area contributed by atoms with Crippen LogP contribution in [0.3, 0.4) is 0 Å². The summed E-state index contributed by atoms with van der Waals surface area (Å²) >= 11 is 0. The van der Waals surface area contributed by atoms with Gasteiger partial charge in [-0.25, -0.2) is 9.38 Å². The fraction of sp³-hybridized carbons (Fsp3) is 0.360. The van der Waals surface area contributed by atoms with Gasteiger partial charge in [-0.2, -0.15) is 0 Å². The number of aromatic nitrogens is 4. The van der Waals surface area contributed by atoms with Crippen LogP contribution in [-0.2, 0) is 0 Å². The normalized spacial score (nSPS) is 16.6. The Hall–Kier alpha value is -4.08. The average Bonchev–Trinajstić information content (AvgIpc) is 3.66. The molecule has 1 saturated heterocycles. The number of hydrogen-bond donors (Lipinski definition) is 0. The van der Waals surface area contributed by atoms with Crippen LogP contribution < -0.4 is 4.90 Å². The Balaban J connectivity index is 1.32. The van der Waals surface area contributed by atoms with Crippen molar-refractivity contribution < 1.29 is 9.72 Å². The summed E-state index contributed by atoms with van der Waals surface area (Å²) in [5.74, 6) is 1.99. The van der Waals surface area contributed by atoms with Gasteiger partial charge in [0.1, 0.15) is 5.82 Å². The van der Waals surface area contributed by atoms with Crippen molar-refractivity contribution in [1.29, 1.82) is 0 Å². The quantitative estimate of drug-likeness (QED) is 0.329. The zero-order chi connectivity index (χ0) is 24.1. The molecule has 1 saturated carbocycles. The summed E-state index contributed by atoms with van der Waals surface area (Å²) < 4.78 is 2.10. The molecule has 6 rings (SSSR count). The van der Waals surface area contributed by atoms with Gasteiger partial charge in [-0.1, -0.05) is 18.2 Å². The number of fused-ring (bicyclic) bond motifs is 3. The van der Waals surface area contributed by atoms with Gasteiger partial charge in [-0.3, -0.25) is 14.9 Å². The number of rotatable bonds is 4. The van der Waals surface area contributed by atoms with Crippen molar-refractivity contribution >= 4 is 34.1 Å². The lowest BCUT2D eigenvalue weighted by atomic mass is 10.1. The Bertz CT molecular complexity index is 1480. The summed E-state index contributed by atoms with van der Waals surface area (Å²) in [5, 5.41) is 21.4. The third-order valence-corrected chi connectivity index (χ3v) is 6.91. The van der Waals surface area contributed by atoms with Crippen LogP contribution in [0.4, 0.5) is 11.6 Å². The van der Waals surface area contributed by atoms with Crippen LogP contribution >= 0.6 is 0 Å². The minimum atomic E-state index is -0.441.